The summed E-state index contributed by atoms with van der Waals surface area (Å²) in [5.74, 6) is 1.49. The Bertz CT molecular complexity index is 1490. The number of hydrogen-bond acceptors (Lipinski definition) is 7. The molecule has 0 spiro atoms. The Morgan fingerprint density at radius 1 is 1.02 bits per heavy atom. The van der Waals surface area contributed by atoms with Gasteiger partial charge in [0.05, 0.1) is 36.4 Å². The summed E-state index contributed by atoms with van der Waals surface area (Å²) in [6.07, 6.45) is 0.807. The van der Waals surface area contributed by atoms with Crippen molar-refractivity contribution in [1.29, 1.82) is 0 Å². The Morgan fingerprint density at radius 3 is 2.56 bits per heavy atom. The van der Waals surface area contributed by atoms with Gasteiger partial charge in [-0.1, -0.05) is 54.6 Å². The van der Waals surface area contributed by atoms with E-state index in [-0.39, 0.29) is 18.6 Å². The molecule has 5 atom stereocenters. The number of unbranched alkanes of at least 4 members (excludes halogenated alkanes) is 1. The molecule has 0 amide bonds. The van der Waals surface area contributed by atoms with Crippen molar-refractivity contribution in [3.8, 4) is 16.9 Å². The zero-order valence-electron chi connectivity index (χ0n) is 23.8. The Balaban J connectivity index is 1.26. The third kappa shape index (κ3) is 5.21. The number of aromatic nitrogens is 2. The molecule has 6 rings (SSSR count). The van der Waals surface area contributed by atoms with E-state index in [1.807, 2.05) is 47.0 Å². The van der Waals surface area contributed by atoms with Gasteiger partial charge in [-0.2, -0.15) is 0 Å². The lowest BCUT2D eigenvalue weighted by molar-refractivity contribution is -0.0298. The molecular formula is C33H40N4O4. The van der Waals surface area contributed by atoms with Crippen molar-refractivity contribution in [3.05, 3.63) is 78.4 Å². The second-order valence-electron chi connectivity index (χ2n) is 11.8. The third-order valence-electron chi connectivity index (χ3n) is 8.88. The SMILES string of the molecule is CN(C)CCCCOc1cc(CNc2nc3ccccc3n2C2C(O)C(O)C3(CO)CC23)ccc1-c1ccccc1. The van der Waals surface area contributed by atoms with E-state index in [0.29, 0.717) is 25.5 Å². The molecule has 8 heteroatoms. The number of anilines is 1. The molecular weight excluding hydrogens is 516 g/mol. The number of fused-ring (bicyclic) bond motifs is 2. The van der Waals surface area contributed by atoms with Crippen molar-refractivity contribution in [2.75, 3.05) is 39.2 Å². The van der Waals surface area contributed by atoms with Gasteiger partial charge in [0.1, 0.15) is 11.9 Å². The van der Waals surface area contributed by atoms with Crippen molar-refractivity contribution >= 4 is 17.0 Å². The van der Waals surface area contributed by atoms with E-state index in [1.165, 1.54) is 0 Å². The van der Waals surface area contributed by atoms with E-state index in [2.05, 4.69) is 54.6 Å². The first kappa shape index (κ1) is 27.7. The zero-order chi connectivity index (χ0) is 28.6. The number of aliphatic hydroxyl groups excluding tert-OH is 3. The number of ether oxygens (including phenoxy) is 1. The van der Waals surface area contributed by atoms with Gasteiger partial charge in [-0.15, -0.1) is 0 Å². The summed E-state index contributed by atoms with van der Waals surface area (Å²) in [6, 6.07) is 24.1. The van der Waals surface area contributed by atoms with Gasteiger partial charge in [0.25, 0.3) is 0 Å². The molecule has 1 aromatic heterocycles. The first-order valence-electron chi connectivity index (χ1n) is 14.6. The molecule has 2 saturated carbocycles. The van der Waals surface area contributed by atoms with Crippen LogP contribution in [0.3, 0.4) is 0 Å². The first-order valence-corrected chi connectivity index (χ1v) is 14.6. The molecule has 1 heterocycles. The minimum Gasteiger partial charge on any atom is -0.493 e. The zero-order valence-corrected chi connectivity index (χ0v) is 23.8. The smallest absolute Gasteiger partial charge is 0.204 e. The molecule has 0 saturated heterocycles. The Kier molecular flexibility index (Phi) is 7.74. The maximum Gasteiger partial charge on any atom is 0.204 e. The fourth-order valence-corrected chi connectivity index (χ4v) is 6.54. The van der Waals surface area contributed by atoms with Crippen LogP contribution >= 0.6 is 0 Å². The molecule has 2 fully saturated rings. The minimum atomic E-state index is -0.975. The fraction of sp³-hybridized carbons (Fsp3) is 0.424. The number of nitrogens with zero attached hydrogens (tertiary/aromatic N) is 3. The standard InChI is InChI=1S/C33H40N4O4/c1-36(2)16-8-9-17-41-28-18-22(14-15-24(28)23-10-4-3-5-11-23)20-34-32-35-26-12-6-7-13-27(26)37(32)29-25-19-33(25,21-38)31(40)30(29)39/h3-7,10-15,18,25,29-31,38-40H,8-9,16-17,19-21H2,1-2H3,(H,34,35). The highest BCUT2D eigenvalue weighted by molar-refractivity contribution is 5.79. The summed E-state index contributed by atoms with van der Waals surface area (Å²) < 4.78 is 8.36. The molecule has 5 unspecified atom stereocenters. The maximum absolute atomic E-state index is 11.1. The van der Waals surface area contributed by atoms with Gasteiger partial charge in [0, 0.05) is 17.5 Å². The van der Waals surface area contributed by atoms with Crippen molar-refractivity contribution < 1.29 is 20.1 Å². The van der Waals surface area contributed by atoms with E-state index < -0.39 is 17.6 Å². The molecule has 4 aromatic rings. The summed E-state index contributed by atoms with van der Waals surface area (Å²) in [6.45, 7) is 2.06. The molecule has 2 aliphatic carbocycles. The average molecular weight is 557 g/mol. The predicted molar refractivity (Wildman–Crippen MR) is 161 cm³/mol. The summed E-state index contributed by atoms with van der Waals surface area (Å²) in [4.78, 5) is 7.05. The lowest BCUT2D eigenvalue weighted by atomic mass is 10.0. The first-order chi connectivity index (χ1) is 19.9. The number of aliphatic hydroxyl groups is 3. The highest BCUT2D eigenvalue weighted by Gasteiger charge is 2.71. The van der Waals surface area contributed by atoms with E-state index in [0.717, 1.165) is 52.9 Å². The van der Waals surface area contributed by atoms with Gasteiger partial charge in [-0.05, 0) is 75.1 Å². The topological polar surface area (TPSA) is 103 Å². The van der Waals surface area contributed by atoms with Gasteiger partial charge >= 0.3 is 0 Å². The largest absolute Gasteiger partial charge is 0.493 e. The molecule has 0 bridgehead atoms. The summed E-state index contributed by atoms with van der Waals surface area (Å²) in [7, 11) is 4.17. The quantitative estimate of drug-likeness (QED) is 0.193. The highest BCUT2D eigenvalue weighted by Crippen LogP contribution is 2.67. The van der Waals surface area contributed by atoms with E-state index in [1.54, 1.807) is 0 Å². The van der Waals surface area contributed by atoms with Gasteiger partial charge in [-0.25, -0.2) is 4.98 Å². The number of para-hydroxylation sites is 2. The van der Waals surface area contributed by atoms with Gasteiger partial charge < -0.3 is 34.8 Å². The second-order valence-corrected chi connectivity index (χ2v) is 11.8. The monoisotopic (exact) mass is 556 g/mol. The van der Waals surface area contributed by atoms with E-state index >= 15 is 0 Å². The van der Waals surface area contributed by atoms with Crippen LogP contribution in [-0.4, -0.2) is 75.8 Å². The number of imidazole rings is 1. The fourth-order valence-electron chi connectivity index (χ4n) is 6.54. The molecule has 0 radical (unpaired) electrons. The van der Waals surface area contributed by atoms with Crippen LogP contribution in [0.1, 0.15) is 30.9 Å². The number of benzene rings is 3. The van der Waals surface area contributed by atoms with Crippen LogP contribution in [0, 0.1) is 11.3 Å². The minimum absolute atomic E-state index is 0.00619. The maximum atomic E-state index is 11.1. The Hall–Kier alpha value is -3.43. The highest BCUT2D eigenvalue weighted by atomic mass is 16.5. The summed E-state index contributed by atoms with van der Waals surface area (Å²) >= 11 is 0. The molecule has 2 aliphatic rings. The van der Waals surface area contributed by atoms with Crippen LogP contribution in [0.5, 0.6) is 5.75 Å². The average Bonchev–Trinajstić information content (AvgIpc) is 3.55. The normalized spacial score (nSPS) is 25.0. The van der Waals surface area contributed by atoms with Crippen LogP contribution in [0.4, 0.5) is 5.95 Å². The van der Waals surface area contributed by atoms with Crippen LogP contribution in [0.25, 0.3) is 22.2 Å². The van der Waals surface area contributed by atoms with Crippen molar-refractivity contribution in [1.82, 2.24) is 14.5 Å². The molecule has 3 aromatic carbocycles. The third-order valence-corrected chi connectivity index (χ3v) is 8.88. The molecule has 216 valence electrons. The lowest BCUT2D eigenvalue weighted by Crippen LogP contribution is -2.35. The number of rotatable bonds is 12. The number of hydrogen-bond donors (Lipinski definition) is 4. The lowest BCUT2D eigenvalue weighted by Gasteiger charge is -2.25. The second kappa shape index (κ2) is 11.4. The molecule has 41 heavy (non-hydrogen) atoms. The summed E-state index contributed by atoms with van der Waals surface area (Å²) in [5, 5.41) is 35.4. The van der Waals surface area contributed by atoms with Crippen LogP contribution < -0.4 is 10.1 Å². The Morgan fingerprint density at radius 2 is 1.80 bits per heavy atom. The van der Waals surface area contributed by atoms with E-state index in [9.17, 15) is 15.3 Å². The van der Waals surface area contributed by atoms with Gasteiger partial charge in [0.2, 0.25) is 5.95 Å². The van der Waals surface area contributed by atoms with E-state index in [4.69, 9.17) is 9.72 Å². The van der Waals surface area contributed by atoms with Crippen molar-refractivity contribution in [2.45, 2.75) is 44.1 Å². The molecule has 0 aliphatic heterocycles. The van der Waals surface area contributed by atoms with Gasteiger partial charge in [-0.3, -0.25) is 0 Å². The summed E-state index contributed by atoms with van der Waals surface area (Å²) in [5.41, 5.74) is 4.32. The van der Waals surface area contributed by atoms with Crippen LogP contribution in [-0.2, 0) is 6.54 Å². The molecule has 4 N–H and O–H groups in total. The van der Waals surface area contributed by atoms with Crippen LogP contribution in [0.2, 0.25) is 0 Å². The van der Waals surface area contributed by atoms with Crippen molar-refractivity contribution in [3.63, 3.8) is 0 Å². The molecule has 8 nitrogen and oxygen atoms in total. The van der Waals surface area contributed by atoms with Crippen molar-refractivity contribution in [2.24, 2.45) is 11.3 Å². The van der Waals surface area contributed by atoms with Crippen LogP contribution in [0.15, 0.2) is 72.8 Å². The van der Waals surface area contributed by atoms with Gasteiger partial charge in [0.15, 0.2) is 0 Å². The Labute approximate surface area is 241 Å². The predicted octanol–water partition coefficient (Wildman–Crippen LogP) is 4.31. The number of nitrogens with one attached hydrogen (secondary N) is 1.